The highest BCUT2D eigenvalue weighted by Crippen LogP contribution is 1.75. The van der Waals surface area contributed by atoms with E-state index in [1.54, 1.807) is 7.11 Å². The summed E-state index contributed by atoms with van der Waals surface area (Å²) in [5.41, 5.74) is 0. The molecule has 0 atom stereocenters. The van der Waals surface area contributed by atoms with Gasteiger partial charge in [0.1, 0.15) is 0 Å². The number of carbonyl (C=O) groups is 1. The van der Waals surface area contributed by atoms with E-state index in [1.807, 2.05) is 0 Å². The summed E-state index contributed by atoms with van der Waals surface area (Å²) in [4.78, 5) is 10.5. The molecule has 0 aromatic carbocycles. The first kappa shape index (κ1) is 9.39. The van der Waals surface area contributed by atoms with Crippen molar-refractivity contribution in [1.29, 1.82) is 0 Å². The molecular weight excluding hydrogens is 146 g/mol. The van der Waals surface area contributed by atoms with Gasteiger partial charge in [0, 0.05) is 13.7 Å². The molecule has 0 aromatic rings. The second-order valence-corrected chi connectivity index (χ2v) is 3.53. The van der Waals surface area contributed by atoms with Crippen molar-refractivity contribution in [1.82, 2.24) is 5.32 Å². The molecule has 0 rings (SSSR count). The molecule has 0 fully saturated rings. The van der Waals surface area contributed by atoms with Gasteiger partial charge in [0.2, 0.25) is 5.91 Å². The van der Waals surface area contributed by atoms with E-state index in [-0.39, 0.29) is 15.7 Å². The summed E-state index contributed by atoms with van der Waals surface area (Å²) in [7, 11) is 1.32. The van der Waals surface area contributed by atoms with Crippen LogP contribution in [0.4, 0.5) is 0 Å². The summed E-state index contributed by atoms with van der Waals surface area (Å²) >= 11 is 0. The first-order valence-electron chi connectivity index (χ1n) is 3.20. The van der Waals surface area contributed by atoms with Crippen molar-refractivity contribution in [2.45, 2.75) is 6.04 Å². The second kappa shape index (κ2) is 6.51. The van der Waals surface area contributed by atoms with Crippen molar-refractivity contribution < 1.29 is 9.22 Å². The van der Waals surface area contributed by atoms with Gasteiger partial charge in [0.05, 0.1) is 0 Å². The second-order valence-electron chi connectivity index (χ2n) is 1.84. The lowest BCUT2D eigenvalue weighted by atomic mass is 10.6. The minimum Gasteiger partial charge on any atom is -0.427 e. The van der Waals surface area contributed by atoms with E-state index in [1.165, 1.54) is 6.08 Å². The fourth-order valence-electron chi connectivity index (χ4n) is 0.500. The minimum atomic E-state index is -0.378. The number of rotatable bonds is 5. The van der Waals surface area contributed by atoms with Crippen LogP contribution in [0.2, 0.25) is 6.04 Å². The molecule has 0 saturated heterocycles. The number of nitrogens with one attached hydrogen (secondary N) is 1. The number of carbonyl (C=O) groups excluding carboxylic acids is 1. The fraction of sp³-hybridized carbons (Fsp3) is 0.500. The molecule has 1 amide bonds. The molecule has 0 bridgehead atoms. The van der Waals surface area contributed by atoms with E-state index < -0.39 is 0 Å². The lowest BCUT2D eigenvalue weighted by molar-refractivity contribution is -0.116. The Labute approximate surface area is 63.4 Å². The fourth-order valence-corrected chi connectivity index (χ4v) is 1.11. The van der Waals surface area contributed by atoms with Crippen molar-refractivity contribution >= 4 is 15.7 Å². The van der Waals surface area contributed by atoms with E-state index in [9.17, 15) is 4.79 Å². The minimum absolute atomic E-state index is 0.106. The van der Waals surface area contributed by atoms with Crippen LogP contribution in [-0.2, 0) is 9.22 Å². The first-order valence-corrected chi connectivity index (χ1v) is 4.78. The van der Waals surface area contributed by atoms with E-state index in [4.69, 9.17) is 4.43 Å². The van der Waals surface area contributed by atoms with Gasteiger partial charge in [0.15, 0.2) is 9.76 Å². The lowest BCUT2D eigenvalue weighted by Crippen LogP contribution is -2.22. The molecule has 0 radical (unpaired) electrons. The maximum Gasteiger partial charge on any atom is 0.243 e. The normalized spacial score (nSPS) is 10.1. The molecule has 0 aliphatic rings. The van der Waals surface area contributed by atoms with Crippen LogP contribution >= 0.6 is 0 Å². The zero-order valence-electron chi connectivity index (χ0n) is 6.22. The van der Waals surface area contributed by atoms with Crippen LogP contribution < -0.4 is 5.32 Å². The van der Waals surface area contributed by atoms with E-state index in [2.05, 4.69) is 11.9 Å². The van der Waals surface area contributed by atoms with Gasteiger partial charge in [-0.15, -0.1) is 0 Å². The SMILES string of the molecule is C=CC(=O)NCC[SiH2]OC. The van der Waals surface area contributed by atoms with Gasteiger partial charge in [-0.25, -0.2) is 0 Å². The summed E-state index contributed by atoms with van der Waals surface area (Å²) in [5, 5.41) is 2.66. The van der Waals surface area contributed by atoms with E-state index >= 15 is 0 Å². The van der Waals surface area contributed by atoms with Crippen LogP contribution in [0.1, 0.15) is 0 Å². The Morgan fingerprint density at radius 2 is 2.60 bits per heavy atom. The Hall–Kier alpha value is -0.613. The summed E-state index contributed by atoms with van der Waals surface area (Å²) in [6.07, 6.45) is 1.27. The van der Waals surface area contributed by atoms with Crippen LogP contribution in [0.3, 0.4) is 0 Å². The van der Waals surface area contributed by atoms with Crippen molar-refractivity contribution in [3.63, 3.8) is 0 Å². The Morgan fingerprint density at radius 3 is 3.10 bits per heavy atom. The predicted molar refractivity (Wildman–Crippen MR) is 43.6 cm³/mol. The molecule has 1 N–H and O–H groups in total. The Balaban J connectivity index is 3.03. The monoisotopic (exact) mass is 159 g/mol. The van der Waals surface area contributed by atoms with Crippen LogP contribution in [0.25, 0.3) is 0 Å². The van der Waals surface area contributed by atoms with Gasteiger partial charge in [-0.3, -0.25) is 4.79 Å². The third-order valence-corrected chi connectivity index (χ3v) is 2.06. The number of hydrogen-bond acceptors (Lipinski definition) is 2. The highest BCUT2D eigenvalue weighted by molar-refractivity contribution is 6.27. The molecular formula is C6H13NO2Si. The maximum atomic E-state index is 10.5. The summed E-state index contributed by atoms with van der Waals surface area (Å²) in [5.74, 6) is -0.106. The van der Waals surface area contributed by atoms with Gasteiger partial charge < -0.3 is 9.74 Å². The van der Waals surface area contributed by atoms with Crippen LogP contribution in [0.15, 0.2) is 12.7 Å². The van der Waals surface area contributed by atoms with Gasteiger partial charge in [-0.2, -0.15) is 0 Å². The molecule has 0 saturated carbocycles. The van der Waals surface area contributed by atoms with Crippen LogP contribution in [0, 0.1) is 0 Å². The first-order chi connectivity index (χ1) is 4.81. The number of hydrogen-bond donors (Lipinski definition) is 1. The molecule has 3 nitrogen and oxygen atoms in total. The molecule has 0 aliphatic heterocycles. The zero-order chi connectivity index (χ0) is 7.82. The highest BCUT2D eigenvalue weighted by atomic mass is 28.2. The molecule has 4 heteroatoms. The van der Waals surface area contributed by atoms with Crippen molar-refractivity contribution in [3.05, 3.63) is 12.7 Å². The highest BCUT2D eigenvalue weighted by Gasteiger charge is 1.91. The molecule has 0 aromatic heterocycles. The summed E-state index contributed by atoms with van der Waals surface area (Å²) in [6.45, 7) is 4.04. The largest absolute Gasteiger partial charge is 0.427 e. The van der Waals surface area contributed by atoms with Crippen molar-refractivity contribution in [2.24, 2.45) is 0 Å². The Kier molecular flexibility index (Phi) is 6.11. The quantitative estimate of drug-likeness (QED) is 0.332. The predicted octanol–water partition coefficient (Wildman–Crippen LogP) is -0.563. The average Bonchev–Trinajstić information content (AvgIpc) is 1.98. The van der Waals surface area contributed by atoms with Gasteiger partial charge >= 0.3 is 0 Å². The number of amides is 1. The van der Waals surface area contributed by atoms with Gasteiger partial charge in [0.25, 0.3) is 0 Å². The van der Waals surface area contributed by atoms with Crippen molar-refractivity contribution in [2.75, 3.05) is 13.7 Å². The molecule has 0 heterocycles. The van der Waals surface area contributed by atoms with E-state index in [0.29, 0.717) is 6.54 Å². The lowest BCUT2D eigenvalue weighted by Gasteiger charge is -1.98. The zero-order valence-corrected chi connectivity index (χ0v) is 7.64. The third kappa shape index (κ3) is 5.52. The maximum absolute atomic E-state index is 10.5. The standard InChI is InChI=1S/C6H13NO2Si/c1-3-6(8)7-4-5-10-9-2/h3H,1,4-5,10H2,2H3,(H,7,8). The van der Waals surface area contributed by atoms with Gasteiger partial charge in [-0.05, 0) is 12.1 Å². The Bertz CT molecular complexity index is 116. The molecule has 0 spiro atoms. The van der Waals surface area contributed by atoms with Gasteiger partial charge in [-0.1, -0.05) is 6.58 Å². The average molecular weight is 159 g/mol. The van der Waals surface area contributed by atoms with Crippen LogP contribution in [-0.4, -0.2) is 29.3 Å². The molecule has 0 aliphatic carbocycles. The topological polar surface area (TPSA) is 38.3 Å². The molecule has 10 heavy (non-hydrogen) atoms. The van der Waals surface area contributed by atoms with E-state index in [0.717, 1.165) is 6.04 Å². The van der Waals surface area contributed by atoms with Crippen LogP contribution in [0.5, 0.6) is 0 Å². The van der Waals surface area contributed by atoms with Crippen molar-refractivity contribution in [3.8, 4) is 0 Å². The smallest absolute Gasteiger partial charge is 0.243 e. The Morgan fingerprint density at radius 1 is 1.90 bits per heavy atom. The third-order valence-electron chi connectivity index (χ3n) is 1.01. The molecule has 0 unspecified atom stereocenters. The molecule has 58 valence electrons. The summed E-state index contributed by atoms with van der Waals surface area (Å²) < 4.78 is 4.92. The summed E-state index contributed by atoms with van der Waals surface area (Å²) in [6, 6.07) is 0.982.